The van der Waals surface area contributed by atoms with E-state index in [2.05, 4.69) is 11.7 Å². The normalized spacial score (nSPS) is 16.2. The third-order valence-electron chi connectivity index (χ3n) is 5.56. The number of ether oxygens (including phenoxy) is 1. The number of benzene rings is 2. The Morgan fingerprint density at radius 3 is 2.70 bits per heavy atom. The van der Waals surface area contributed by atoms with Crippen LogP contribution in [0.2, 0.25) is 0 Å². The molecule has 0 radical (unpaired) electrons. The molecule has 7 heteroatoms. The molecular formula is C26H20FN3O3. The summed E-state index contributed by atoms with van der Waals surface area (Å²) in [7, 11) is 0. The van der Waals surface area contributed by atoms with Crippen LogP contribution in [-0.2, 0) is 0 Å². The van der Waals surface area contributed by atoms with Crippen LogP contribution in [0.3, 0.4) is 0 Å². The van der Waals surface area contributed by atoms with Crippen LogP contribution in [0.15, 0.2) is 86.0 Å². The summed E-state index contributed by atoms with van der Waals surface area (Å²) in [6, 6.07) is 13.4. The van der Waals surface area contributed by atoms with E-state index in [-0.39, 0.29) is 28.3 Å². The van der Waals surface area contributed by atoms with Crippen LogP contribution in [-0.4, -0.2) is 6.72 Å². The SMILES string of the molecule is C=N/C(C)=C\C=C(/C)c1ccc(C2C(C#N)=C(N)Oc3c2c(=O)oc2ccccc32)c(F)c1. The molecule has 0 saturated heterocycles. The van der Waals surface area contributed by atoms with Crippen molar-refractivity contribution in [2.45, 2.75) is 19.8 Å². The molecule has 0 saturated carbocycles. The van der Waals surface area contributed by atoms with Crippen LogP contribution in [0.4, 0.5) is 4.39 Å². The molecule has 1 aromatic heterocycles. The van der Waals surface area contributed by atoms with Gasteiger partial charge in [-0.05, 0) is 56.0 Å². The van der Waals surface area contributed by atoms with Crippen LogP contribution in [0, 0.1) is 17.1 Å². The van der Waals surface area contributed by atoms with E-state index in [1.165, 1.54) is 6.07 Å². The highest BCUT2D eigenvalue weighted by molar-refractivity contribution is 5.86. The highest BCUT2D eigenvalue weighted by Gasteiger charge is 2.36. The van der Waals surface area contributed by atoms with Gasteiger partial charge in [0, 0.05) is 11.3 Å². The Hall–Kier alpha value is -4.44. The molecule has 2 aromatic carbocycles. The van der Waals surface area contributed by atoms with Crippen molar-refractivity contribution in [3.63, 3.8) is 0 Å². The highest BCUT2D eigenvalue weighted by Crippen LogP contribution is 2.44. The van der Waals surface area contributed by atoms with E-state index in [4.69, 9.17) is 14.9 Å². The zero-order chi connectivity index (χ0) is 23.7. The smallest absolute Gasteiger partial charge is 0.344 e. The first-order chi connectivity index (χ1) is 15.8. The van der Waals surface area contributed by atoms with E-state index in [1.807, 2.05) is 19.1 Å². The number of nitrogens with zero attached hydrogens (tertiary/aromatic N) is 2. The van der Waals surface area contributed by atoms with Crippen molar-refractivity contribution in [2.24, 2.45) is 10.7 Å². The molecular weight excluding hydrogens is 421 g/mol. The fourth-order valence-corrected chi connectivity index (χ4v) is 3.78. The molecule has 0 aliphatic carbocycles. The Morgan fingerprint density at radius 1 is 1.24 bits per heavy atom. The molecule has 0 bridgehead atoms. The number of fused-ring (bicyclic) bond motifs is 3. The van der Waals surface area contributed by atoms with E-state index in [1.54, 1.807) is 49.4 Å². The molecule has 4 rings (SSSR count). The lowest BCUT2D eigenvalue weighted by Crippen LogP contribution is -2.27. The largest absolute Gasteiger partial charge is 0.439 e. The summed E-state index contributed by atoms with van der Waals surface area (Å²) < 4.78 is 26.5. The predicted molar refractivity (Wildman–Crippen MR) is 125 cm³/mol. The number of nitriles is 1. The van der Waals surface area contributed by atoms with E-state index >= 15 is 4.39 Å². The van der Waals surface area contributed by atoms with E-state index < -0.39 is 17.4 Å². The number of hydrogen-bond acceptors (Lipinski definition) is 6. The van der Waals surface area contributed by atoms with Gasteiger partial charge in [-0.3, -0.25) is 4.99 Å². The first-order valence-corrected chi connectivity index (χ1v) is 10.1. The lowest BCUT2D eigenvalue weighted by atomic mass is 9.83. The van der Waals surface area contributed by atoms with Crippen LogP contribution in [0.25, 0.3) is 16.5 Å². The van der Waals surface area contributed by atoms with Crippen molar-refractivity contribution in [1.82, 2.24) is 0 Å². The molecule has 164 valence electrons. The second kappa shape index (κ2) is 8.60. The van der Waals surface area contributed by atoms with Gasteiger partial charge in [0.25, 0.3) is 0 Å². The van der Waals surface area contributed by atoms with Crippen molar-refractivity contribution in [3.8, 4) is 11.8 Å². The lowest BCUT2D eigenvalue weighted by molar-refractivity contribution is 0.387. The van der Waals surface area contributed by atoms with Crippen LogP contribution in [0.5, 0.6) is 5.75 Å². The standard InChI is InChI=1S/C26H20FN3O3/c1-14(8-9-15(2)30-3)16-10-11-17(20(27)12-16)22-19(13-28)25(29)33-24-18-6-4-5-7-21(18)32-26(31)23(22)24/h4-12,22H,3,29H2,1-2H3/b14-8+,15-9-. The third kappa shape index (κ3) is 3.83. The number of hydrogen-bond donors (Lipinski definition) is 1. The van der Waals surface area contributed by atoms with E-state index in [0.29, 0.717) is 16.5 Å². The molecule has 2 N–H and O–H groups in total. The minimum absolute atomic E-state index is 0.0361. The summed E-state index contributed by atoms with van der Waals surface area (Å²) in [5, 5.41) is 10.3. The summed E-state index contributed by atoms with van der Waals surface area (Å²) in [6.07, 6.45) is 3.58. The molecule has 1 aliphatic rings. The Bertz CT molecular complexity index is 1490. The van der Waals surface area contributed by atoms with Crippen LogP contribution in [0.1, 0.15) is 36.5 Å². The maximum atomic E-state index is 15.4. The molecule has 6 nitrogen and oxygen atoms in total. The van der Waals surface area contributed by atoms with Crippen molar-refractivity contribution in [1.29, 1.82) is 5.26 Å². The van der Waals surface area contributed by atoms with Gasteiger partial charge in [0.1, 0.15) is 23.0 Å². The zero-order valence-corrected chi connectivity index (χ0v) is 18.1. The first kappa shape index (κ1) is 21.8. The number of rotatable bonds is 4. The van der Waals surface area contributed by atoms with Gasteiger partial charge >= 0.3 is 5.63 Å². The monoisotopic (exact) mass is 441 g/mol. The number of allylic oxidation sites excluding steroid dienone is 5. The molecule has 1 aliphatic heterocycles. The Balaban J connectivity index is 1.91. The molecule has 0 fully saturated rings. The average molecular weight is 441 g/mol. The van der Waals surface area contributed by atoms with Crippen molar-refractivity contribution < 1.29 is 13.5 Å². The zero-order valence-electron chi connectivity index (χ0n) is 18.1. The predicted octanol–water partition coefficient (Wildman–Crippen LogP) is 5.16. The molecule has 0 amide bonds. The van der Waals surface area contributed by atoms with Gasteiger partial charge in [-0.15, -0.1) is 0 Å². The fraction of sp³-hybridized carbons (Fsp3) is 0.115. The quantitative estimate of drug-likeness (QED) is 0.342. The average Bonchev–Trinajstić information content (AvgIpc) is 2.81. The summed E-state index contributed by atoms with van der Waals surface area (Å²) >= 11 is 0. The Kier molecular flexibility index (Phi) is 5.67. The molecule has 1 atom stereocenters. The molecule has 33 heavy (non-hydrogen) atoms. The van der Waals surface area contributed by atoms with Crippen LogP contribution >= 0.6 is 0 Å². The van der Waals surface area contributed by atoms with Gasteiger partial charge in [-0.1, -0.05) is 30.3 Å². The van der Waals surface area contributed by atoms with Crippen LogP contribution < -0.4 is 16.1 Å². The molecule has 1 unspecified atom stereocenters. The Morgan fingerprint density at radius 2 is 2.00 bits per heavy atom. The molecule has 2 heterocycles. The summed E-state index contributed by atoms with van der Waals surface area (Å²) in [5.41, 5.74) is 7.89. The van der Waals surface area contributed by atoms with Crippen molar-refractivity contribution in [3.05, 3.63) is 105 Å². The molecule has 0 spiro atoms. The van der Waals surface area contributed by atoms with Crippen molar-refractivity contribution in [2.75, 3.05) is 0 Å². The maximum absolute atomic E-state index is 15.4. The Labute approximate surface area is 189 Å². The minimum atomic E-state index is -1.06. The topological polar surface area (TPSA) is 102 Å². The second-order valence-electron chi connectivity index (χ2n) is 7.61. The fourth-order valence-electron chi connectivity index (χ4n) is 3.78. The van der Waals surface area contributed by atoms with Crippen molar-refractivity contribution >= 4 is 23.3 Å². The van der Waals surface area contributed by atoms with Gasteiger partial charge in [-0.2, -0.15) is 5.26 Å². The number of halogens is 1. The maximum Gasteiger partial charge on any atom is 0.344 e. The number of para-hydroxylation sites is 1. The third-order valence-corrected chi connectivity index (χ3v) is 5.56. The number of aliphatic imine (C=N–C) groups is 1. The van der Waals surface area contributed by atoms with Gasteiger partial charge in [0.05, 0.1) is 16.9 Å². The first-order valence-electron chi connectivity index (χ1n) is 10.1. The van der Waals surface area contributed by atoms with Gasteiger partial charge in [-0.25, -0.2) is 9.18 Å². The van der Waals surface area contributed by atoms with Gasteiger partial charge < -0.3 is 14.9 Å². The summed E-state index contributed by atoms with van der Waals surface area (Å²) in [5.74, 6) is -1.66. The summed E-state index contributed by atoms with van der Waals surface area (Å²) in [4.78, 5) is 16.7. The highest BCUT2D eigenvalue weighted by atomic mass is 19.1. The van der Waals surface area contributed by atoms with Gasteiger partial charge in [0.15, 0.2) is 5.75 Å². The molecule has 3 aromatic rings. The van der Waals surface area contributed by atoms with E-state index in [0.717, 1.165) is 11.3 Å². The second-order valence-corrected chi connectivity index (χ2v) is 7.61. The van der Waals surface area contributed by atoms with Gasteiger partial charge in [0.2, 0.25) is 5.88 Å². The summed E-state index contributed by atoms with van der Waals surface area (Å²) in [6.45, 7) is 7.10. The minimum Gasteiger partial charge on any atom is -0.439 e. The number of nitrogens with two attached hydrogens (primary N) is 1. The lowest BCUT2D eigenvalue weighted by Gasteiger charge is -2.26. The van der Waals surface area contributed by atoms with E-state index in [9.17, 15) is 10.1 Å².